The minimum atomic E-state index is -0.465. The van der Waals surface area contributed by atoms with Gasteiger partial charge in [-0.3, -0.25) is 0 Å². The van der Waals surface area contributed by atoms with Crippen molar-refractivity contribution < 1.29 is 18.8 Å². The van der Waals surface area contributed by atoms with Crippen LogP contribution in [-0.4, -0.2) is 61.1 Å². The lowest BCUT2D eigenvalue weighted by Gasteiger charge is -2.36. The van der Waals surface area contributed by atoms with Gasteiger partial charge in [-0.2, -0.15) is 0 Å². The van der Waals surface area contributed by atoms with E-state index in [-0.39, 0.29) is 29.7 Å². The van der Waals surface area contributed by atoms with E-state index in [1.165, 1.54) is 0 Å². The van der Waals surface area contributed by atoms with Crippen LogP contribution in [0.4, 0.5) is 4.79 Å². The SMILES string of the molecule is CC(C)(C)OC(=O)N1CCC(C2(B3OC(C)(C)C(C)(C)O3)CCNC2)C1. The van der Waals surface area contributed by atoms with Gasteiger partial charge in [0, 0.05) is 18.4 Å². The zero-order valence-corrected chi connectivity index (χ0v) is 17.5. The molecule has 7 heteroatoms. The zero-order chi connectivity index (χ0) is 19.4. The second-order valence-corrected chi connectivity index (χ2v) is 10.2. The van der Waals surface area contributed by atoms with Crippen LogP contribution in [0.2, 0.25) is 5.31 Å². The second-order valence-electron chi connectivity index (χ2n) is 10.2. The van der Waals surface area contributed by atoms with Crippen LogP contribution in [0.1, 0.15) is 61.3 Å². The van der Waals surface area contributed by atoms with E-state index >= 15 is 0 Å². The number of carbonyl (C=O) groups excluding carboxylic acids is 1. The summed E-state index contributed by atoms with van der Waals surface area (Å²) < 4.78 is 18.5. The first kappa shape index (κ1) is 20.0. The van der Waals surface area contributed by atoms with Gasteiger partial charge >= 0.3 is 13.2 Å². The fourth-order valence-electron chi connectivity index (χ4n) is 4.27. The molecular formula is C19H35BN2O4. The molecule has 148 valence electrons. The maximum absolute atomic E-state index is 12.5. The van der Waals surface area contributed by atoms with Crippen molar-refractivity contribution in [2.75, 3.05) is 26.2 Å². The highest BCUT2D eigenvalue weighted by molar-refractivity contribution is 6.50. The highest BCUT2D eigenvalue weighted by Crippen LogP contribution is 2.54. The summed E-state index contributed by atoms with van der Waals surface area (Å²) in [6, 6.07) is 0. The molecule has 3 aliphatic rings. The van der Waals surface area contributed by atoms with Gasteiger partial charge in [0.2, 0.25) is 0 Å². The van der Waals surface area contributed by atoms with Gasteiger partial charge in [0.1, 0.15) is 5.60 Å². The third-order valence-corrected chi connectivity index (χ3v) is 6.60. The van der Waals surface area contributed by atoms with Crippen LogP contribution < -0.4 is 5.32 Å². The van der Waals surface area contributed by atoms with Gasteiger partial charge in [-0.05, 0) is 80.3 Å². The average Bonchev–Trinajstić information content (AvgIpc) is 3.17. The topological polar surface area (TPSA) is 60.0 Å². The van der Waals surface area contributed by atoms with E-state index in [1.54, 1.807) is 0 Å². The first-order valence-electron chi connectivity index (χ1n) is 9.91. The van der Waals surface area contributed by atoms with E-state index in [0.717, 1.165) is 32.5 Å². The highest BCUT2D eigenvalue weighted by atomic mass is 16.7. The van der Waals surface area contributed by atoms with Gasteiger partial charge in [-0.25, -0.2) is 4.79 Å². The molecular weight excluding hydrogens is 331 g/mol. The van der Waals surface area contributed by atoms with E-state index in [1.807, 2.05) is 25.7 Å². The lowest BCUT2D eigenvalue weighted by molar-refractivity contribution is 0.00578. The van der Waals surface area contributed by atoms with E-state index in [4.69, 9.17) is 14.0 Å². The molecule has 3 heterocycles. The summed E-state index contributed by atoms with van der Waals surface area (Å²) in [5, 5.41) is 3.41. The predicted molar refractivity (Wildman–Crippen MR) is 102 cm³/mol. The van der Waals surface area contributed by atoms with Crippen molar-refractivity contribution in [1.29, 1.82) is 0 Å². The van der Waals surface area contributed by atoms with Crippen LogP contribution in [0.3, 0.4) is 0 Å². The second kappa shape index (κ2) is 6.38. The summed E-state index contributed by atoms with van der Waals surface area (Å²) in [4.78, 5) is 14.3. The summed E-state index contributed by atoms with van der Waals surface area (Å²) in [6.07, 6.45) is 1.76. The molecule has 0 saturated carbocycles. The van der Waals surface area contributed by atoms with Crippen LogP contribution >= 0.6 is 0 Å². The maximum atomic E-state index is 12.5. The van der Waals surface area contributed by atoms with Crippen LogP contribution in [0.5, 0.6) is 0 Å². The molecule has 3 aliphatic heterocycles. The quantitative estimate of drug-likeness (QED) is 0.761. The molecule has 2 atom stereocenters. The number of carbonyl (C=O) groups is 1. The number of hydrogen-bond donors (Lipinski definition) is 1. The molecule has 26 heavy (non-hydrogen) atoms. The molecule has 0 aliphatic carbocycles. The smallest absolute Gasteiger partial charge is 0.444 e. The molecule has 1 N–H and O–H groups in total. The third-order valence-electron chi connectivity index (χ3n) is 6.60. The Hall–Kier alpha value is -0.785. The lowest BCUT2D eigenvalue weighted by Crippen LogP contribution is -2.44. The Labute approximate surface area is 158 Å². The van der Waals surface area contributed by atoms with Crippen molar-refractivity contribution in [1.82, 2.24) is 10.2 Å². The van der Waals surface area contributed by atoms with Crippen molar-refractivity contribution in [2.45, 2.75) is 83.4 Å². The Morgan fingerprint density at radius 2 is 1.81 bits per heavy atom. The molecule has 0 spiro atoms. The van der Waals surface area contributed by atoms with Crippen molar-refractivity contribution in [2.24, 2.45) is 5.92 Å². The van der Waals surface area contributed by atoms with Crippen LogP contribution in [0, 0.1) is 5.92 Å². The van der Waals surface area contributed by atoms with Gasteiger partial charge < -0.3 is 24.3 Å². The van der Waals surface area contributed by atoms with Gasteiger partial charge in [-0.15, -0.1) is 0 Å². The van der Waals surface area contributed by atoms with Crippen molar-refractivity contribution in [3.05, 3.63) is 0 Å². The minimum absolute atomic E-state index is 0.0954. The standard InChI is InChI=1S/C19H35BN2O4/c1-16(2,3)24-15(23)22-11-8-14(12-22)19(9-10-21-13-19)20-25-17(4,5)18(6,7)26-20/h14,21H,8-13H2,1-7H3. The molecule has 0 aromatic carbocycles. The molecule has 0 bridgehead atoms. The van der Waals surface area contributed by atoms with Gasteiger partial charge in [-0.1, -0.05) is 0 Å². The van der Waals surface area contributed by atoms with Gasteiger partial charge in [0.15, 0.2) is 0 Å². The number of nitrogens with one attached hydrogen (secondary N) is 1. The van der Waals surface area contributed by atoms with Crippen LogP contribution in [0.15, 0.2) is 0 Å². The fourth-order valence-corrected chi connectivity index (χ4v) is 4.27. The van der Waals surface area contributed by atoms with Gasteiger partial charge in [0.05, 0.1) is 11.2 Å². The Kier molecular flexibility index (Phi) is 4.90. The Morgan fingerprint density at radius 1 is 1.19 bits per heavy atom. The molecule has 3 rings (SSSR count). The molecule has 3 fully saturated rings. The van der Waals surface area contributed by atoms with Crippen LogP contribution in [0.25, 0.3) is 0 Å². The molecule has 3 saturated heterocycles. The number of rotatable bonds is 2. The monoisotopic (exact) mass is 366 g/mol. The normalized spacial score (nSPS) is 33.7. The largest absolute Gasteiger partial charge is 0.466 e. The van der Waals surface area contributed by atoms with Crippen molar-refractivity contribution in [3.63, 3.8) is 0 Å². The fraction of sp³-hybridized carbons (Fsp3) is 0.947. The molecule has 0 aromatic rings. The lowest BCUT2D eigenvalue weighted by atomic mass is 9.50. The number of ether oxygens (including phenoxy) is 1. The molecule has 1 amide bonds. The summed E-state index contributed by atoms with van der Waals surface area (Å²) in [7, 11) is -0.244. The molecule has 0 radical (unpaired) electrons. The third kappa shape index (κ3) is 3.50. The van der Waals surface area contributed by atoms with Crippen molar-refractivity contribution >= 4 is 13.2 Å². The predicted octanol–water partition coefficient (Wildman–Crippen LogP) is 3.07. The summed E-state index contributed by atoms with van der Waals surface area (Å²) >= 11 is 0. The summed E-state index contributed by atoms with van der Waals surface area (Å²) in [6.45, 7) is 17.4. The molecule has 0 aromatic heterocycles. The first-order valence-corrected chi connectivity index (χ1v) is 9.91. The number of nitrogens with zero attached hydrogens (tertiary/aromatic N) is 1. The van der Waals surface area contributed by atoms with E-state index in [9.17, 15) is 4.79 Å². The Bertz CT molecular complexity index is 536. The van der Waals surface area contributed by atoms with Crippen LogP contribution in [-0.2, 0) is 14.0 Å². The number of amides is 1. The van der Waals surface area contributed by atoms with E-state index in [2.05, 4.69) is 33.0 Å². The first-order chi connectivity index (χ1) is 11.9. The minimum Gasteiger partial charge on any atom is -0.444 e. The maximum Gasteiger partial charge on any atom is 0.466 e. The number of hydrogen-bond acceptors (Lipinski definition) is 5. The van der Waals surface area contributed by atoms with Gasteiger partial charge in [0.25, 0.3) is 0 Å². The van der Waals surface area contributed by atoms with E-state index in [0.29, 0.717) is 12.5 Å². The summed E-state index contributed by atoms with van der Waals surface area (Å²) in [5.74, 6) is 0.347. The average molecular weight is 366 g/mol. The van der Waals surface area contributed by atoms with E-state index < -0.39 is 5.60 Å². The van der Waals surface area contributed by atoms with Crippen molar-refractivity contribution in [3.8, 4) is 0 Å². The zero-order valence-electron chi connectivity index (χ0n) is 17.5. The highest BCUT2D eigenvalue weighted by Gasteiger charge is 2.63. The summed E-state index contributed by atoms with van der Waals surface area (Å²) in [5.41, 5.74) is -1.14. The molecule has 6 nitrogen and oxygen atoms in total. The molecule has 2 unspecified atom stereocenters. The number of likely N-dealkylation sites (tertiary alicyclic amines) is 1. The Morgan fingerprint density at radius 3 is 2.31 bits per heavy atom. The Balaban J connectivity index is 1.75.